The number of aryl methyl sites for hydroxylation is 1. The lowest BCUT2D eigenvalue weighted by molar-refractivity contribution is 0.364. The van der Waals surface area contributed by atoms with E-state index >= 15 is 0 Å². The smallest absolute Gasteiger partial charge is 0.253 e. The van der Waals surface area contributed by atoms with E-state index in [9.17, 15) is 4.39 Å². The third-order valence-corrected chi connectivity index (χ3v) is 1.36. The Morgan fingerprint density at radius 1 is 1.55 bits per heavy atom. The predicted molar refractivity (Wildman–Crippen MR) is 37.9 cm³/mol. The highest BCUT2D eigenvalue weighted by Gasteiger charge is 2.08. The highest BCUT2D eigenvalue weighted by atomic mass is 19.1. The second kappa shape index (κ2) is 3.27. The summed E-state index contributed by atoms with van der Waals surface area (Å²) in [5.74, 6) is -0.450. The zero-order chi connectivity index (χ0) is 8.27. The van der Waals surface area contributed by atoms with Crippen molar-refractivity contribution in [3.63, 3.8) is 0 Å². The summed E-state index contributed by atoms with van der Waals surface area (Å²) in [6, 6.07) is 0. The van der Waals surface area contributed by atoms with E-state index in [1.54, 1.807) is 0 Å². The number of methoxy groups -OCH3 is 1. The Morgan fingerprint density at radius 2 is 2.27 bits per heavy atom. The number of rotatable bonds is 2. The fraction of sp³-hybridized carbons (Fsp3) is 0.429. The molecule has 0 aliphatic rings. The summed E-state index contributed by atoms with van der Waals surface area (Å²) in [7, 11) is 1.38. The molecule has 3 nitrogen and oxygen atoms in total. The molecule has 0 fully saturated rings. The Morgan fingerprint density at radius 3 is 2.82 bits per heavy atom. The van der Waals surface area contributed by atoms with Crippen LogP contribution in [0.2, 0.25) is 0 Å². The van der Waals surface area contributed by atoms with Crippen LogP contribution in [0.5, 0.6) is 5.88 Å². The van der Waals surface area contributed by atoms with E-state index in [1.807, 2.05) is 6.92 Å². The number of aromatic nitrogens is 2. The van der Waals surface area contributed by atoms with Crippen LogP contribution in [0.25, 0.3) is 0 Å². The molecular weight excluding hydrogens is 147 g/mol. The fourth-order valence-electron chi connectivity index (χ4n) is 0.777. The molecule has 11 heavy (non-hydrogen) atoms. The van der Waals surface area contributed by atoms with Crippen molar-refractivity contribution in [1.82, 2.24) is 9.97 Å². The number of hydrogen-bond donors (Lipinski definition) is 0. The van der Waals surface area contributed by atoms with E-state index in [2.05, 4.69) is 14.7 Å². The third-order valence-electron chi connectivity index (χ3n) is 1.36. The Hall–Kier alpha value is -1.19. The van der Waals surface area contributed by atoms with Gasteiger partial charge < -0.3 is 4.74 Å². The van der Waals surface area contributed by atoms with Gasteiger partial charge >= 0.3 is 0 Å². The molecule has 0 aliphatic carbocycles. The Labute approximate surface area is 64.2 Å². The number of hydrogen-bond acceptors (Lipinski definition) is 3. The van der Waals surface area contributed by atoms with E-state index < -0.39 is 5.82 Å². The summed E-state index contributed by atoms with van der Waals surface area (Å²) in [5, 5.41) is 0. The monoisotopic (exact) mass is 156 g/mol. The summed E-state index contributed by atoms with van der Waals surface area (Å²) < 4.78 is 17.7. The lowest BCUT2D eigenvalue weighted by Gasteiger charge is -2.01. The van der Waals surface area contributed by atoms with E-state index in [0.717, 1.165) is 0 Å². The molecule has 60 valence electrons. The molecule has 0 radical (unpaired) electrons. The number of halogens is 1. The first-order valence-electron chi connectivity index (χ1n) is 3.33. The van der Waals surface area contributed by atoms with Gasteiger partial charge in [-0.25, -0.2) is 4.98 Å². The normalized spacial score (nSPS) is 9.73. The van der Waals surface area contributed by atoms with Gasteiger partial charge in [0.15, 0.2) is 0 Å². The van der Waals surface area contributed by atoms with Gasteiger partial charge in [-0.3, -0.25) is 0 Å². The van der Waals surface area contributed by atoms with Gasteiger partial charge in [0.2, 0.25) is 5.82 Å². The predicted octanol–water partition coefficient (Wildman–Crippen LogP) is 1.19. The second-order valence-corrected chi connectivity index (χ2v) is 2.00. The lowest BCUT2D eigenvalue weighted by Crippen LogP contribution is -1.99. The van der Waals surface area contributed by atoms with Gasteiger partial charge in [-0.1, -0.05) is 6.92 Å². The van der Waals surface area contributed by atoms with E-state index in [4.69, 9.17) is 0 Å². The molecule has 0 atom stereocenters. The summed E-state index contributed by atoms with van der Waals surface area (Å²) in [6.45, 7) is 1.82. The molecule has 0 saturated carbocycles. The van der Waals surface area contributed by atoms with Crippen LogP contribution in [0.3, 0.4) is 0 Å². The van der Waals surface area contributed by atoms with Crippen LogP contribution in [0, 0.1) is 5.82 Å². The van der Waals surface area contributed by atoms with Gasteiger partial charge in [0.05, 0.1) is 12.8 Å². The van der Waals surface area contributed by atoms with Gasteiger partial charge in [0.1, 0.15) is 6.33 Å². The van der Waals surface area contributed by atoms with E-state index in [0.29, 0.717) is 12.1 Å². The highest BCUT2D eigenvalue weighted by Crippen LogP contribution is 2.14. The molecule has 0 aromatic carbocycles. The maximum absolute atomic E-state index is 13.0. The van der Waals surface area contributed by atoms with Crippen LogP contribution in [-0.2, 0) is 6.42 Å². The molecule has 0 aliphatic heterocycles. The van der Waals surface area contributed by atoms with Crippen LogP contribution in [0.15, 0.2) is 6.33 Å². The largest absolute Gasteiger partial charge is 0.479 e. The van der Waals surface area contributed by atoms with Crippen molar-refractivity contribution in [1.29, 1.82) is 0 Å². The highest BCUT2D eigenvalue weighted by molar-refractivity contribution is 5.16. The summed E-state index contributed by atoms with van der Waals surface area (Å²) in [6.07, 6.45) is 1.84. The first kappa shape index (κ1) is 7.91. The average Bonchev–Trinajstić information content (AvgIpc) is 2.05. The number of ether oxygens (including phenoxy) is 1. The minimum Gasteiger partial charge on any atom is -0.479 e. The Bertz CT molecular complexity index is 230. The number of nitrogens with zero attached hydrogens (tertiary/aromatic N) is 2. The van der Waals surface area contributed by atoms with Crippen LogP contribution in [0.1, 0.15) is 12.6 Å². The first-order valence-corrected chi connectivity index (χ1v) is 3.33. The molecule has 0 spiro atoms. The summed E-state index contributed by atoms with van der Waals surface area (Å²) in [4.78, 5) is 7.34. The minimum absolute atomic E-state index is 0.0110. The van der Waals surface area contributed by atoms with Crippen LogP contribution >= 0.6 is 0 Å². The SMILES string of the molecule is CCc1ncnc(OC)c1F. The van der Waals surface area contributed by atoms with Crippen LogP contribution < -0.4 is 4.74 Å². The standard InChI is InChI=1S/C7H9FN2O/c1-3-5-6(8)7(11-2)10-4-9-5/h4H,3H2,1-2H3. The molecule has 0 amide bonds. The van der Waals surface area contributed by atoms with Crippen molar-refractivity contribution in [2.75, 3.05) is 7.11 Å². The van der Waals surface area contributed by atoms with Gasteiger partial charge in [0, 0.05) is 0 Å². The quantitative estimate of drug-likeness (QED) is 0.645. The topological polar surface area (TPSA) is 35.0 Å². The van der Waals surface area contributed by atoms with Gasteiger partial charge in [-0.05, 0) is 6.42 Å². The van der Waals surface area contributed by atoms with Crippen molar-refractivity contribution in [3.05, 3.63) is 17.8 Å². The van der Waals surface area contributed by atoms with Crippen molar-refractivity contribution in [3.8, 4) is 5.88 Å². The van der Waals surface area contributed by atoms with Gasteiger partial charge in [-0.2, -0.15) is 9.37 Å². The molecule has 1 heterocycles. The molecule has 0 unspecified atom stereocenters. The maximum Gasteiger partial charge on any atom is 0.253 e. The molecule has 0 saturated heterocycles. The third kappa shape index (κ3) is 1.45. The van der Waals surface area contributed by atoms with E-state index in [1.165, 1.54) is 13.4 Å². The van der Waals surface area contributed by atoms with Crippen molar-refractivity contribution in [2.45, 2.75) is 13.3 Å². The van der Waals surface area contributed by atoms with Gasteiger partial charge in [-0.15, -0.1) is 0 Å². The molecule has 1 aromatic heterocycles. The Kier molecular flexibility index (Phi) is 2.36. The Balaban J connectivity index is 3.10. The zero-order valence-corrected chi connectivity index (χ0v) is 6.47. The summed E-state index contributed by atoms with van der Waals surface area (Å²) in [5.41, 5.74) is 0.386. The second-order valence-electron chi connectivity index (χ2n) is 2.00. The maximum atomic E-state index is 13.0. The molecule has 1 aromatic rings. The molecule has 0 N–H and O–H groups in total. The molecule has 1 rings (SSSR count). The average molecular weight is 156 g/mol. The minimum atomic E-state index is -0.461. The van der Waals surface area contributed by atoms with Crippen LogP contribution in [-0.4, -0.2) is 17.1 Å². The molecule has 4 heteroatoms. The van der Waals surface area contributed by atoms with Crippen molar-refractivity contribution < 1.29 is 9.13 Å². The van der Waals surface area contributed by atoms with Crippen molar-refractivity contribution >= 4 is 0 Å². The van der Waals surface area contributed by atoms with Gasteiger partial charge in [0.25, 0.3) is 5.88 Å². The first-order chi connectivity index (χ1) is 5.29. The fourth-order valence-corrected chi connectivity index (χ4v) is 0.777. The summed E-state index contributed by atoms with van der Waals surface area (Å²) >= 11 is 0. The molecular formula is C7H9FN2O. The van der Waals surface area contributed by atoms with E-state index in [-0.39, 0.29) is 5.88 Å². The van der Waals surface area contributed by atoms with Crippen LogP contribution in [0.4, 0.5) is 4.39 Å². The lowest BCUT2D eigenvalue weighted by atomic mass is 10.3. The molecule has 0 bridgehead atoms. The van der Waals surface area contributed by atoms with Crippen molar-refractivity contribution in [2.24, 2.45) is 0 Å². The zero-order valence-electron chi connectivity index (χ0n) is 6.47.